The quantitative estimate of drug-likeness (QED) is 0.869. The fourth-order valence-corrected chi connectivity index (χ4v) is 4.15. The van der Waals surface area contributed by atoms with Gasteiger partial charge in [0.1, 0.15) is 11.6 Å². The number of rotatable bonds is 3. The summed E-state index contributed by atoms with van der Waals surface area (Å²) in [4.78, 5) is 18.6. The number of nitrogens with zero attached hydrogens (tertiary/aromatic N) is 5. The van der Waals surface area contributed by atoms with Gasteiger partial charge in [-0.15, -0.1) is 0 Å². The van der Waals surface area contributed by atoms with Gasteiger partial charge >= 0.3 is 0 Å². The fraction of sp³-hybridized carbons (Fsp3) is 0.526. The zero-order chi connectivity index (χ0) is 16.5. The predicted molar refractivity (Wildman–Crippen MR) is 94.9 cm³/mol. The lowest BCUT2D eigenvalue weighted by Crippen LogP contribution is -2.48. The van der Waals surface area contributed by atoms with E-state index in [2.05, 4.69) is 49.9 Å². The Balaban J connectivity index is 1.49. The number of hydrogen-bond acceptors (Lipinski definition) is 5. The SMILES string of the molecule is Cc1cccc(CN2CCC3CCN(c4ccnc(C)n4)CC32)n1. The van der Waals surface area contributed by atoms with Crippen LogP contribution in [0.15, 0.2) is 30.5 Å². The molecule has 4 rings (SSSR count). The highest BCUT2D eigenvalue weighted by atomic mass is 15.3. The van der Waals surface area contributed by atoms with Gasteiger partial charge in [-0.2, -0.15) is 0 Å². The largest absolute Gasteiger partial charge is 0.355 e. The molecule has 0 spiro atoms. The first kappa shape index (κ1) is 15.5. The molecule has 2 atom stereocenters. The maximum absolute atomic E-state index is 4.69. The van der Waals surface area contributed by atoms with Crippen molar-refractivity contribution in [2.75, 3.05) is 24.5 Å². The molecule has 0 saturated carbocycles. The minimum atomic E-state index is 0.608. The van der Waals surface area contributed by atoms with Crippen molar-refractivity contribution in [3.8, 4) is 0 Å². The average molecular weight is 323 g/mol. The Hall–Kier alpha value is -2.01. The predicted octanol–water partition coefficient (Wildman–Crippen LogP) is 2.59. The summed E-state index contributed by atoms with van der Waals surface area (Å²) in [5.74, 6) is 2.73. The third-order valence-corrected chi connectivity index (χ3v) is 5.37. The lowest BCUT2D eigenvalue weighted by Gasteiger charge is -2.39. The second kappa shape index (κ2) is 6.48. The molecule has 2 aliphatic rings. The molecule has 2 aliphatic heterocycles. The molecule has 126 valence electrons. The highest BCUT2D eigenvalue weighted by molar-refractivity contribution is 5.38. The van der Waals surface area contributed by atoms with Crippen LogP contribution in [-0.2, 0) is 6.54 Å². The van der Waals surface area contributed by atoms with Gasteiger partial charge in [0.05, 0.1) is 5.69 Å². The Morgan fingerprint density at radius 3 is 2.79 bits per heavy atom. The molecule has 5 heteroatoms. The van der Waals surface area contributed by atoms with E-state index < -0.39 is 0 Å². The van der Waals surface area contributed by atoms with Crippen molar-refractivity contribution in [1.29, 1.82) is 0 Å². The highest BCUT2D eigenvalue weighted by Crippen LogP contribution is 2.33. The molecule has 4 heterocycles. The van der Waals surface area contributed by atoms with Gasteiger partial charge in [-0.1, -0.05) is 6.07 Å². The van der Waals surface area contributed by atoms with E-state index in [1.54, 1.807) is 0 Å². The topological polar surface area (TPSA) is 45.2 Å². The molecule has 2 aromatic rings. The number of hydrogen-bond donors (Lipinski definition) is 0. The fourth-order valence-electron chi connectivity index (χ4n) is 4.15. The van der Waals surface area contributed by atoms with E-state index >= 15 is 0 Å². The second-order valence-electron chi connectivity index (χ2n) is 7.05. The number of aryl methyl sites for hydroxylation is 2. The van der Waals surface area contributed by atoms with Gasteiger partial charge in [0.2, 0.25) is 0 Å². The van der Waals surface area contributed by atoms with Crippen LogP contribution in [0.2, 0.25) is 0 Å². The van der Waals surface area contributed by atoms with E-state index in [0.717, 1.165) is 42.9 Å². The molecule has 0 aromatic carbocycles. The first-order valence-electron chi connectivity index (χ1n) is 8.90. The lowest BCUT2D eigenvalue weighted by atomic mass is 9.92. The Bertz CT molecular complexity index is 716. The molecule has 0 radical (unpaired) electrons. The van der Waals surface area contributed by atoms with Crippen LogP contribution in [-0.4, -0.2) is 45.5 Å². The Morgan fingerprint density at radius 2 is 1.96 bits per heavy atom. The summed E-state index contributed by atoms with van der Waals surface area (Å²) in [5, 5.41) is 0. The van der Waals surface area contributed by atoms with Crippen LogP contribution in [0.25, 0.3) is 0 Å². The molecule has 2 fully saturated rings. The molecule has 5 nitrogen and oxygen atoms in total. The van der Waals surface area contributed by atoms with Crippen molar-refractivity contribution in [3.63, 3.8) is 0 Å². The molecule has 2 saturated heterocycles. The lowest BCUT2D eigenvalue weighted by molar-refractivity contribution is 0.198. The van der Waals surface area contributed by atoms with Crippen LogP contribution in [0.5, 0.6) is 0 Å². The summed E-state index contributed by atoms with van der Waals surface area (Å²) in [7, 11) is 0. The molecule has 2 aromatic heterocycles. The highest BCUT2D eigenvalue weighted by Gasteiger charge is 2.38. The van der Waals surface area contributed by atoms with E-state index in [0.29, 0.717) is 6.04 Å². The van der Waals surface area contributed by atoms with Gasteiger partial charge < -0.3 is 4.90 Å². The number of pyridine rings is 1. The van der Waals surface area contributed by atoms with Crippen molar-refractivity contribution < 1.29 is 0 Å². The van der Waals surface area contributed by atoms with Crippen LogP contribution in [0.1, 0.15) is 30.1 Å². The van der Waals surface area contributed by atoms with Crippen LogP contribution >= 0.6 is 0 Å². The van der Waals surface area contributed by atoms with Crippen molar-refractivity contribution in [2.45, 2.75) is 39.3 Å². The molecule has 24 heavy (non-hydrogen) atoms. The van der Waals surface area contributed by atoms with Crippen LogP contribution in [0, 0.1) is 19.8 Å². The maximum Gasteiger partial charge on any atom is 0.132 e. The summed E-state index contributed by atoms with van der Waals surface area (Å²) in [6.07, 6.45) is 4.44. The third kappa shape index (κ3) is 3.13. The van der Waals surface area contributed by atoms with E-state index in [9.17, 15) is 0 Å². The zero-order valence-corrected chi connectivity index (χ0v) is 14.5. The van der Waals surface area contributed by atoms with Crippen molar-refractivity contribution in [3.05, 3.63) is 47.7 Å². The number of aromatic nitrogens is 3. The molecule has 2 unspecified atom stereocenters. The molecule has 0 N–H and O–H groups in total. The van der Waals surface area contributed by atoms with Gasteiger partial charge in [-0.25, -0.2) is 9.97 Å². The third-order valence-electron chi connectivity index (χ3n) is 5.37. The molecular formula is C19H25N5. The molecular weight excluding hydrogens is 298 g/mol. The number of anilines is 1. The molecule has 0 bridgehead atoms. The molecule has 0 amide bonds. The average Bonchev–Trinajstić information content (AvgIpc) is 2.97. The van der Waals surface area contributed by atoms with E-state index in [1.807, 2.05) is 19.2 Å². The monoisotopic (exact) mass is 323 g/mol. The van der Waals surface area contributed by atoms with Crippen LogP contribution in [0.3, 0.4) is 0 Å². The molecule has 0 aliphatic carbocycles. The Labute approximate surface area is 143 Å². The summed E-state index contributed by atoms with van der Waals surface area (Å²) < 4.78 is 0. The van der Waals surface area contributed by atoms with Crippen molar-refractivity contribution >= 4 is 5.82 Å². The van der Waals surface area contributed by atoms with E-state index in [1.165, 1.54) is 25.1 Å². The van der Waals surface area contributed by atoms with E-state index in [4.69, 9.17) is 0 Å². The van der Waals surface area contributed by atoms with Crippen molar-refractivity contribution in [2.24, 2.45) is 5.92 Å². The summed E-state index contributed by atoms with van der Waals surface area (Å²) in [6, 6.07) is 8.97. The Morgan fingerprint density at radius 1 is 1.08 bits per heavy atom. The summed E-state index contributed by atoms with van der Waals surface area (Å²) in [5.41, 5.74) is 2.29. The van der Waals surface area contributed by atoms with Gasteiger partial charge in [0, 0.05) is 37.6 Å². The first-order chi connectivity index (χ1) is 11.7. The standard InChI is InChI=1S/C19H25N5/c1-14-4-3-5-17(21-14)12-23-10-7-16-8-11-24(13-18(16)23)19-6-9-20-15(2)22-19/h3-6,9,16,18H,7-8,10-13H2,1-2H3. The van der Waals surface area contributed by atoms with Gasteiger partial charge in [-0.3, -0.25) is 9.88 Å². The second-order valence-corrected chi connectivity index (χ2v) is 7.05. The number of likely N-dealkylation sites (tertiary alicyclic amines) is 1. The summed E-state index contributed by atoms with van der Waals surface area (Å²) >= 11 is 0. The normalized spacial score (nSPS) is 24.2. The van der Waals surface area contributed by atoms with Gasteiger partial charge in [0.15, 0.2) is 0 Å². The van der Waals surface area contributed by atoms with Crippen LogP contribution in [0.4, 0.5) is 5.82 Å². The van der Waals surface area contributed by atoms with Crippen molar-refractivity contribution in [1.82, 2.24) is 19.9 Å². The van der Waals surface area contributed by atoms with Crippen LogP contribution < -0.4 is 4.90 Å². The first-order valence-corrected chi connectivity index (χ1v) is 8.90. The minimum absolute atomic E-state index is 0.608. The smallest absolute Gasteiger partial charge is 0.132 e. The zero-order valence-electron chi connectivity index (χ0n) is 14.5. The van der Waals surface area contributed by atoms with E-state index in [-0.39, 0.29) is 0 Å². The summed E-state index contributed by atoms with van der Waals surface area (Å²) in [6.45, 7) is 8.33. The Kier molecular flexibility index (Phi) is 4.19. The number of piperidine rings is 1. The maximum atomic E-state index is 4.69. The van der Waals surface area contributed by atoms with Gasteiger partial charge in [-0.05, 0) is 57.4 Å². The number of fused-ring (bicyclic) bond motifs is 1. The minimum Gasteiger partial charge on any atom is -0.355 e. The van der Waals surface area contributed by atoms with Gasteiger partial charge in [0.25, 0.3) is 0 Å².